The molecule has 0 unspecified atom stereocenters. The number of amides is 1. The first-order chi connectivity index (χ1) is 15.0. The van der Waals surface area contributed by atoms with E-state index >= 15 is 0 Å². The van der Waals surface area contributed by atoms with Gasteiger partial charge in [0.1, 0.15) is 17.7 Å². The van der Waals surface area contributed by atoms with Crippen molar-refractivity contribution < 1.29 is 45.4 Å². The van der Waals surface area contributed by atoms with Gasteiger partial charge in [-0.3, -0.25) is 9.63 Å². The maximum atomic E-state index is 12.8. The number of carbonyl (C=O) groups excluding carboxylic acids is 1. The highest BCUT2D eigenvalue weighted by atomic mass is 19.4. The van der Waals surface area contributed by atoms with Crippen LogP contribution in [0.3, 0.4) is 0 Å². The smallest absolute Gasteiger partial charge is 0.452 e. The van der Waals surface area contributed by atoms with E-state index in [4.69, 9.17) is 4.74 Å². The van der Waals surface area contributed by atoms with Crippen LogP contribution in [-0.2, 0) is 16.0 Å². The minimum Gasteiger partial charge on any atom is -0.487 e. The highest BCUT2D eigenvalue weighted by Crippen LogP contribution is 2.27. The molecular formula is C20H18F6N2O4. The Morgan fingerprint density at radius 1 is 1.06 bits per heavy atom. The topological polar surface area (TPSA) is 69.7 Å². The molecule has 0 saturated carbocycles. The summed E-state index contributed by atoms with van der Waals surface area (Å²) in [6.07, 6.45) is -8.56. The van der Waals surface area contributed by atoms with Crippen molar-refractivity contribution in [2.45, 2.75) is 25.7 Å². The summed E-state index contributed by atoms with van der Waals surface area (Å²) in [5.41, 5.74) is 2.64. The molecule has 0 radical (unpaired) electrons. The number of hydrogen-bond donors (Lipinski definition) is 1. The zero-order chi connectivity index (χ0) is 23.8. The standard InChI is InChI=1S/C20H18F6N2O4/c1-2-30-17(20(24,25)26)11-31-15-8-6-13(7-9-15)10-14-4-3-5-16(27-14)18(29)28-32-12-19(21,22)23/h3-9,11H,2,10,12H2,1H3,(H,28,29)/b17-11-. The molecule has 1 N–H and O–H groups in total. The van der Waals surface area contributed by atoms with Gasteiger partial charge in [0, 0.05) is 12.1 Å². The first-order valence-corrected chi connectivity index (χ1v) is 9.08. The van der Waals surface area contributed by atoms with Crippen LogP contribution in [0.25, 0.3) is 0 Å². The van der Waals surface area contributed by atoms with E-state index in [1.54, 1.807) is 23.7 Å². The lowest BCUT2D eigenvalue weighted by Crippen LogP contribution is -2.30. The fraction of sp³-hybridized carbons (Fsp3) is 0.300. The average Bonchev–Trinajstić information content (AvgIpc) is 2.70. The fourth-order valence-corrected chi connectivity index (χ4v) is 2.29. The minimum absolute atomic E-state index is 0.137. The lowest BCUT2D eigenvalue weighted by Gasteiger charge is -2.12. The fourth-order valence-electron chi connectivity index (χ4n) is 2.29. The molecule has 1 aromatic carbocycles. The van der Waals surface area contributed by atoms with Crippen LogP contribution in [0.15, 0.2) is 54.5 Å². The molecule has 2 rings (SSSR count). The molecule has 0 bridgehead atoms. The Kier molecular flexibility index (Phi) is 8.47. The number of allylic oxidation sites excluding steroid dienone is 1. The molecule has 0 aliphatic carbocycles. The lowest BCUT2D eigenvalue weighted by molar-refractivity contribution is -0.184. The Labute approximate surface area is 178 Å². The van der Waals surface area contributed by atoms with Crippen molar-refractivity contribution in [1.82, 2.24) is 10.5 Å². The van der Waals surface area contributed by atoms with Crippen molar-refractivity contribution >= 4 is 5.91 Å². The number of rotatable bonds is 9. The van der Waals surface area contributed by atoms with E-state index in [9.17, 15) is 31.1 Å². The Morgan fingerprint density at radius 3 is 2.34 bits per heavy atom. The van der Waals surface area contributed by atoms with Crippen molar-refractivity contribution in [3.8, 4) is 5.75 Å². The molecule has 1 aromatic heterocycles. The van der Waals surface area contributed by atoms with Gasteiger partial charge >= 0.3 is 12.4 Å². The number of hydrogen-bond acceptors (Lipinski definition) is 5. The maximum Gasteiger partial charge on any atom is 0.452 e. The summed E-state index contributed by atoms with van der Waals surface area (Å²) in [5.74, 6) is -2.07. The molecule has 6 nitrogen and oxygen atoms in total. The normalized spacial score (nSPS) is 12.4. The number of alkyl halides is 6. The molecule has 12 heteroatoms. The van der Waals surface area contributed by atoms with Gasteiger partial charge in [-0.15, -0.1) is 0 Å². The first kappa shape index (κ1) is 25.0. The summed E-state index contributed by atoms with van der Waals surface area (Å²) in [7, 11) is 0. The van der Waals surface area contributed by atoms with Crippen LogP contribution in [0.1, 0.15) is 28.7 Å². The number of carbonyl (C=O) groups is 1. The van der Waals surface area contributed by atoms with Gasteiger partial charge in [-0.25, -0.2) is 10.5 Å². The molecule has 32 heavy (non-hydrogen) atoms. The average molecular weight is 464 g/mol. The molecule has 0 spiro atoms. The lowest BCUT2D eigenvalue weighted by atomic mass is 10.1. The number of pyridine rings is 1. The third-order valence-corrected chi connectivity index (χ3v) is 3.63. The van der Waals surface area contributed by atoms with E-state index in [2.05, 4.69) is 14.6 Å². The van der Waals surface area contributed by atoms with E-state index in [0.717, 1.165) is 0 Å². The van der Waals surface area contributed by atoms with Gasteiger partial charge in [0.25, 0.3) is 5.91 Å². The van der Waals surface area contributed by atoms with Gasteiger partial charge < -0.3 is 9.47 Å². The van der Waals surface area contributed by atoms with Crippen LogP contribution >= 0.6 is 0 Å². The summed E-state index contributed by atoms with van der Waals surface area (Å²) in [5, 5.41) is 0. The Hall–Kier alpha value is -3.28. The van der Waals surface area contributed by atoms with Crippen molar-refractivity contribution in [2.75, 3.05) is 13.2 Å². The predicted molar refractivity (Wildman–Crippen MR) is 99.4 cm³/mol. The van der Waals surface area contributed by atoms with Gasteiger partial charge in [0.15, 0.2) is 6.61 Å². The number of halogens is 6. The summed E-state index contributed by atoms with van der Waals surface area (Å²) < 4.78 is 84.0. The highest BCUT2D eigenvalue weighted by molar-refractivity contribution is 5.91. The van der Waals surface area contributed by atoms with Crippen molar-refractivity contribution in [2.24, 2.45) is 0 Å². The van der Waals surface area contributed by atoms with Crippen LogP contribution in [0.4, 0.5) is 26.3 Å². The predicted octanol–water partition coefficient (Wildman–Crippen LogP) is 4.72. The summed E-state index contributed by atoms with van der Waals surface area (Å²) >= 11 is 0. The van der Waals surface area contributed by atoms with Crippen LogP contribution < -0.4 is 10.2 Å². The summed E-state index contributed by atoms with van der Waals surface area (Å²) in [6, 6.07) is 10.4. The Morgan fingerprint density at radius 2 is 1.75 bits per heavy atom. The van der Waals surface area contributed by atoms with Gasteiger partial charge in [-0.1, -0.05) is 18.2 Å². The quantitative estimate of drug-likeness (QED) is 0.331. The van der Waals surface area contributed by atoms with Crippen LogP contribution in [0, 0.1) is 0 Å². The molecule has 2 aromatic rings. The molecule has 0 fully saturated rings. The van der Waals surface area contributed by atoms with E-state index in [-0.39, 0.29) is 24.5 Å². The Bertz CT molecular complexity index is 927. The summed E-state index contributed by atoms with van der Waals surface area (Å²) in [6.45, 7) is -0.403. The number of benzene rings is 1. The minimum atomic E-state index is -4.68. The maximum absolute atomic E-state index is 12.8. The SMILES string of the molecule is CCO/C(=C\Oc1ccc(Cc2cccc(C(=O)NOCC(F)(F)F)n2)cc1)C(F)(F)F. The molecule has 1 heterocycles. The highest BCUT2D eigenvalue weighted by Gasteiger charge is 2.36. The van der Waals surface area contributed by atoms with Crippen molar-refractivity contribution in [3.05, 3.63) is 71.4 Å². The number of hydroxylamine groups is 1. The van der Waals surface area contributed by atoms with Gasteiger partial charge in [-0.05, 0) is 36.8 Å². The van der Waals surface area contributed by atoms with Gasteiger partial charge in [0.2, 0.25) is 5.76 Å². The number of nitrogens with zero attached hydrogens (tertiary/aromatic N) is 1. The largest absolute Gasteiger partial charge is 0.487 e. The number of ether oxygens (including phenoxy) is 2. The molecule has 1 amide bonds. The zero-order valence-electron chi connectivity index (χ0n) is 16.6. The van der Waals surface area contributed by atoms with Gasteiger partial charge in [0.05, 0.1) is 6.61 Å². The van der Waals surface area contributed by atoms with E-state index < -0.39 is 30.6 Å². The molecular weight excluding hydrogens is 446 g/mol. The van der Waals surface area contributed by atoms with Crippen LogP contribution in [0.2, 0.25) is 0 Å². The van der Waals surface area contributed by atoms with Crippen molar-refractivity contribution in [3.63, 3.8) is 0 Å². The molecule has 0 aliphatic heterocycles. The van der Waals surface area contributed by atoms with Crippen LogP contribution in [0.5, 0.6) is 5.75 Å². The van der Waals surface area contributed by atoms with E-state index in [0.29, 0.717) is 17.5 Å². The summed E-state index contributed by atoms with van der Waals surface area (Å²) in [4.78, 5) is 20.0. The second kappa shape index (κ2) is 10.8. The zero-order valence-corrected chi connectivity index (χ0v) is 16.6. The molecule has 0 saturated heterocycles. The van der Waals surface area contributed by atoms with E-state index in [1.165, 1.54) is 31.2 Å². The monoisotopic (exact) mass is 464 g/mol. The van der Waals surface area contributed by atoms with Gasteiger partial charge in [-0.2, -0.15) is 26.3 Å². The number of aromatic nitrogens is 1. The van der Waals surface area contributed by atoms with E-state index in [1.807, 2.05) is 0 Å². The molecule has 0 atom stereocenters. The third-order valence-electron chi connectivity index (χ3n) is 3.63. The first-order valence-electron chi connectivity index (χ1n) is 9.08. The molecule has 0 aliphatic rings. The third kappa shape index (κ3) is 8.46. The van der Waals surface area contributed by atoms with Crippen molar-refractivity contribution in [1.29, 1.82) is 0 Å². The second-order valence-corrected chi connectivity index (χ2v) is 6.20. The van der Waals surface area contributed by atoms with Crippen LogP contribution in [-0.4, -0.2) is 36.5 Å². The second-order valence-electron chi connectivity index (χ2n) is 6.20. The number of nitrogens with one attached hydrogen (secondary N) is 1. The Balaban J connectivity index is 1.99. The molecule has 174 valence electrons.